The van der Waals surface area contributed by atoms with Crippen LogP contribution in [0.1, 0.15) is 31.7 Å². The standard InChI is InChI=1S/C21H19F2NO3S/c1-13-9-10-21(28(25,26)16-5-3-15(24-2)4-6-16)14(11-13)12-27-20-18(23)8-7-17(22)19(20)21/h3-8,13-14H,9-12H2,1H3/t13-,14+,21-/m0/s1. The summed E-state index contributed by atoms with van der Waals surface area (Å²) in [6.45, 7) is 9.10. The summed E-state index contributed by atoms with van der Waals surface area (Å²) in [7, 11) is -4.07. The van der Waals surface area contributed by atoms with Crippen molar-refractivity contribution in [3.05, 3.63) is 65.0 Å². The fraction of sp³-hybridized carbons (Fsp3) is 0.381. The highest BCUT2D eigenvalue weighted by molar-refractivity contribution is 7.92. The topological polar surface area (TPSA) is 47.7 Å². The number of hydrogen-bond acceptors (Lipinski definition) is 3. The van der Waals surface area contributed by atoms with Gasteiger partial charge in [-0.1, -0.05) is 31.2 Å². The van der Waals surface area contributed by atoms with E-state index in [0.29, 0.717) is 18.5 Å². The number of nitrogens with zero attached hydrogens (tertiary/aromatic N) is 1. The molecule has 0 aromatic heterocycles. The van der Waals surface area contributed by atoms with Gasteiger partial charge >= 0.3 is 0 Å². The first kappa shape index (κ1) is 18.9. The van der Waals surface area contributed by atoms with Gasteiger partial charge in [0.2, 0.25) is 0 Å². The highest BCUT2D eigenvalue weighted by Gasteiger charge is 2.59. The number of sulfone groups is 1. The van der Waals surface area contributed by atoms with Crippen molar-refractivity contribution >= 4 is 15.5 Å². The van der Waals surface area contributed by atoms with Gasteiger partial charge in [-0.15, -0.1) is 0 Å². The normalized spacial score (nSPS) is 26.5. The Bertz CT molecular complexity index is 1080. The molecule has 0 radical (unpaired) electrons. The Morgan fingerprint density at radius 2 is 1.82 bits per heavy atom. The molecule has 4 rings (SSSR count). The van der Waals surface area contributed by atoms with Gasteiger partial charge in [0.15, 0.2) is 27.1 Å². The second-order valence-corrected chi connectivity index (χ2v) is 9.83. The van der Waals surface area contributed by atoms with Crippen LogP contribution in [0.15, 0.2) is 41.3 Å². The minimum absolute atomic E-state index is 0.0102. The molecule has 0 spiro atoms. The Labute approximate surface area is 162 Å². The molecule has 1 aliphatic carbocycles. The molecule has 28 heavy (non-hydrogen) atoms. The van der Waals surface area contributed by atoms with Crippen molar-refractivity contribution in [2.24, 2.45) is 11.8 Å². The summed E-state index contributed by atoms with van der Waals surface area (Å²) < 4.78 is 61.1. The van der Waals surface area contributed by atoms with Crippen LogP contribution in [0.2, 0.25) is 0 Å². The fourth-order valence-electron chi connectivity index (χ4n) is 4.64. The van der Waals surface area contributed by atoms with Crippen LogP contribution in [0, 0.1) is 30.0 Å². The van der Waals surface area contributed by atoms with Crippen LogP contribution in [0.25, 0.3) is 4.85 Å². The van der Waals surface area contributed by atoms with Crippen LogP contribution in [0.5, 0.6) is 5.75 Å². The lowest BCUT2D eigenvalue weighted by Crippen LogP contribution is -2.52. The van der Waals surface area contributed by atoms with E-state index in [-0.39, 0.29) is 35.2 Å². The van der Waals surface area contributed by atoms with Crippen LogP contribution in [-0.4, -0.2) is 15.0 Å². The van der Waals surface area contributed by atoms with Crippen molar-refractivity contribution in [3.63, 3.8) is 0 Å². The first-order valence-corrected chi connectivity index (χ1v) is 10.6. The molecule has 4 nitrogen and oxygen atoms in total. The molecule has 2 aliphatic rings. The zero-order valence-corrected chi connectivity index (χ0v) is 16.1. The van der Waals surface area contributed by atoms with E-state index in [0.717, 1.165) is 12.1 Å². The second kappa shape index (κ2) is 6.56. The van der Waals surface area contributed by atoms with E-state index in [1.54, 1.807) is 0 Å². The molecule has 0 amide bonds. The zero-order chi connectivity index (χ0) is 20.1. The van der Waals surface area contributed by atoms with E-state index in [1.165, 1.54) is 24.3 Å². The van der Waals surface area contributed by atoms with Crippen molar-refractivity contribution in [2.45, 2.75) is 35.8 Å². The number of halogens is 2. The van der Waals surface area contributed by atoms with E-state index >= 15 is 0 Å². The van der Waals surface area contributed by atoms with E-state index < -0.39 is 32.1 Å². The summed E-state index contributed by atoms with van der Waals surface area (Å²) >= 11 is 0. The molecule has 1 heterocycles. The Morgan fingerprint density at radius 1 is 1.14 bits per heavy atom. The lowest BCUT2D eigenvalue weighted by molar-refractivity contribution is 0.103. The Balaban J connectivity index is 2.00. The van der Waals surface area contributed by atoms with Gasteiger partial charge in [0.1, 0.15) is 10.6 Å². The van der Waals surface area contributed by atoms with Gasteiger partial charge in [-0.05, 0) is 37.3 Å². The third kappa shape index (κ3) is 2.55. The van der Waals surface area contributed by atoms with Gasteiger partial charge in [-0.25, -0.2) is 22.0 Å². The molecule has 3 atom stereocenters. The summed E-state index contributed by atoms with van der Waals surface area (Å²) in [5.41, 5.74) is 0.125. The Kier molecular flexibility index (Phi) is 4.42. The molecule has 1 saturated carbocycles. The molecule has 0 saturated heterocycles. The summed E-state index contributed by atoms with van der Waals surface area (Å²) in [5, 5.41) is 0. The maximum absolute atomic E-state index is 15.0. The lowest BCUT2D eigenvalue weighted by atomic mass is 9.70. The Morgan fingerprint density at radius 3 is 2.50 bits per heavy atom. The van der Waals surface area contributed by atoms with Crippen LogP contribution in [-0.2, 0) is 14.6 Å². The average Bonchev–Trinajstić information content (AvgIpc) is 2.70. The number of ether oxygens (including phenoxy) is 1. The van der Waals surface area contributed by atoms with Gasteiger partial charge in [-0.2, -0.15) is 0 Å². The molecule has 0 N–H and O–H groups in total. The molecule has 2 aromatic rings. The average molecular weight is 403 g/mol. The predicted molar refractivity (Wildman–Crippen MR) is 99.9 cm³/mol. The smallest absolute Gasteiger partial charge is 0.188 e. The minimum atomic E-state index is -4.07. The molecular formula is C21H19F2NO3S. The van der Waals surface area contributed by atoms with E-state index in [1.807, 2.05) is 6.92 Å². The highest BCUT2D eigenvalue weighted by atomic mass is 32.2. The molecule has 1 aliphatic heterocycles. The number of hydrogen-bond donors (Lipinski definition) is 0. The maximum Gasteiger partial charge on any atom is 0.188 e. The first-order chi connectivity index (χ1) is 13.3. The predicted octanol–water partition coefficient (Wildman–Crippen LogP) is 5.01. The minimum Gasteiger partial charge on any atom is -0.490 e. The summed E-state index contributed by atoms with van der Waals surface area (Å²) in [5.74, 6) is -2.04. The molecule has 1 fully saturated rings. The first-order valence-electron chi connectivity index (χ1n) is 9.14. The van der Waals surface area contributed by atoms with Crippen molar-refractivity contribution in [1.29, 1.82) is 0 Å². The van der Waals surface area contributed by atoms with Gasteiger partial charge in [0.25, 0.3) is 0 Å². The van der Waals surface area contributed by atoms with E-state index in [4.69, 9.17) is 11.3 Å². The van der Waals surface area contributed by atoms with Crippen LogP contribution < -0.4 is 4.74 Å². The van der Waals surface area contributed by atoms with Gasteiger partial charge < -0.3 is 4.74 Å². The molecule has 7 heteroatoms. The highest BCUT2D eigenvalue weighted by Crippen LogP contribution is 2.57. The van der Waals surface area contributed by atoms with Gasteiger partial charge in [-0.3, -0.25) is 0 Å². The molecule has 2 aromatic carbocycles. The quantitative estimate of drug-likeness (QED) is 0.662. The maximum atomic E-state index is 15.0. The van der Waals surface area contributed by atoms with Crippen molar-refractivity contribution in [1.82, 2.24) is 0 Å². The van der Waals surface area contributed by atoms with E-state index in [2.05, 4.69) is 4.85 Å². The third-order valence-electron chi connectivity index (χ3n) is 6.02. The number of rotatable bonds is 2. The number of benzene rings is 2. The van der Waals surface area contributed by atoms with E-state index in [9.17, 15) is 17.2 Å². The summed E-state index contributed by atoms with van der Waals surface area (Å²) in [4.78, 5) is 3.29. The van der Waals surface area contributed by atoms with Crippen LogP contribution in [0.3, 0.4) is 0 Å². The van der Waals surface area contributed by atoms with Crippen molar-refractivity contribution in [3.8, 4) is 5.75 Å². The summed E-state index contributed by atoms with van der Waals surface area (Å²) in [6.07, 6.45) is 1.34. The summed E-state index contributed by atoms with van der Waals surface area (Å²) in [6, 6.07) is 7.54. The van der Waals surface area contributed by atoms with Crippen LogP contribution in [0.4, 0.5) is 14.5 Å². The molecule has 0 unspecified atom stereocenters. The monoisotopic (exact) mass is 403 g/mol. The Hall–Kier alpha value is -2.46. The van der Waals surface area contributed by atoms with Gasteiger partial charge in [0, 0.05) is 5.92 Å². The molecule has 146 valence electrons. The largest absolute Gasteiger partial charge is 0.490 e. The third-order valence-corrected chi connectivity index (χ3v) is 8.61. The van der Waals surface area contributed by atoms with Crippen molar-refractivity contribution < 1.29 is 21.9 Å². The SMILES string of the molecule is [C-]#[N+]c1ccc(S(=O)(=O)[C@@]23CC[C@H](C)C[C@@H]2COc2c(F)ccc(F)c23)cc1. The number of fused-ring (bicyclic) bond motifs is 3. The fourth-order valence-corrected chi connectivity index (χ4v) is 7.01. The van der Waals surface area contributed by atoms with Crippen molar-refractivity contribution in [2.75, 3.05) is 6.61 Å². The second-order valence-electron chi connectivity index (χ2n) is 7.62. The molecular weight excluding hydrogens is 384 g/mol. The zero-order valence-electron chi connectivity index (χ0n) is 15.3. The lowest BCUT2D eigenvalue weighted by Gasteiger charge is -2.48. The van der Waals surface area contributed by atoms with Gasteiger partial charge in [0.05, 0.1) is 23.6 Å². The molecule has 0 bridgehead atoms. The van der Waals surface area contributed by atoms with Crippen LogP contribution >= 0.6 is 0 Å².